The van der Waals surface area contributed by atoms with Crippen LogP contribution >= 0.6 is 0 Å². The number of carbonyl (C=O) groups excluding carboxylic acids is 2. The molecule has 0 amide bonds. The topological polar surface area (TPSA) is 66.8 Å². The first kappa shape index (κ1) is 19.3. The third-order valence-corrected chi connectivity index (χ3v) is 4.07. The van der Waals surface area contributed by atoms with Crippen LogP contribution in [0.4, 0.5) is 8.78 Å². The number of hydrogen-bond acceptors (Lipinski definition) is 5. The monoisotopic (exact) mass is 389 g/mol. The maximum atomic E-state index is 12.5. The molecule has 0 aliphatic heterocycles. The summed E-state index contributed by atoms with van der Waals surface area (Å²) in [6.45, 7) is -3.35. The Morgan fingerprint density at radius 2 is 1.79 bits per heavy atom. The van der Waals surface area contributed by atoms with Gasteiger partial charge < -0.3 is 18.8 Å². The van der Waals surface area contributed by atoms with Crippen molar-refractivity contribution >= 4 is 22.8 Å². The van der Waals surface area contributed by atoms with Crippen molar-refractivity contribution in [3.05, 3.63) is 65.9 Å². The van der Waals surface area contributed by atoms with Crippen molar-refractivity contribution in [1.29, 1.82) is 0 Å². The second-order valence-electron chi connectivity index (χ2n) is 5.83. The fraction of sp³-hybridized carbons (Fsp3) is 0.200. The van der Waals surface area contributed by atoms with Crippen LogP contribution < -0.4 is 4.74 Å². The highest BCUT2D eigenvalue weighted by Crippen LogP contribution is 2.23. The van der Waals surface area contributed by atoms with E-state index in [1.165, 1.54) is 25.4 Å². The summed E-state index contributed by atoms with van der Waals surface area (Å²) >= 11 is 0. The summed E-state index contributed by atoms with van der Waals surface area (Å²) in [6.07, 6.45) is 1.52. The molecule has 1 aromatic heterocycles. The number of halogens is 2. The minimum Gasteiger partial charge on any atom is -0.465 e. The van der Waals surface area contributed by atoms with Gasteiger partial charge in [0.2, 0.25) is 0 Å². The van der Waals surface area contributed by atoms with E-state index >= 15 is 0 Å². The fourth-order valence-electron chi connectivity index (χ4n) is 2.83. The van der Waals surface area contributed by atoms with Crippen LogP contribution in [0.15, 0.2) is 54.7 Å². The van der Waals surface area contributed by atoms with Crippen LogP contribution in [0.2, 0.25) is 0 Å². The highest BCUT2D eigenvalue weighted by atomic mass is 19.3. The Labute approximate surface area is 159 Å². The minimum absolute atomic E-state index is 0.0512. The Bertz CT molecular complexity index is 999. The number of carbonyl (C=O) groups is 2. The molecule has 0 aliphatic carbocycles. The van der Waals surface area contributed by atoms with E-state index in [9.17, 15) is 18.4 Å². The van der Waals surface area contributed by atoms with E-state index in [4.69, 9.17) is 9.47 Å². The lowest BCUT2D eigenvalue weighted by Crippen LogP contribution is -2.13. The molecule has 0 bridgehead atoms. The SMILES string of the molecule is COC(=O)c1cn(CC(=O)OCc2ccccc2OC(F)F)c2ccccc12. The normalized spacial score (nSPS) is 10.9. The van der Waals surface area contributed by atoms with Gasteiger partial charge in [0.25, 0.3) is 0 Å². The van der Waals surface area contributed by atoms with Gasteiger partial charge in [-0.3, -0.25) is 4.79 Å². The summed E-state index contributed by atoms with van der Waals surface area (Å²) in [6, 6.07) is 13.2. The van der Waals surface area contributed by atoms with Crippen LogP contribution in [0.5, 0.6) is 5.75 Å². The number of aromatic nitrogens is 1. The van der Waals surface area contributed by atoms with Gasteiger partial charge in [-0.15, -0.1) is 0 Å². The molecule has 0 N–H and O–H groups in total. The summed E-state index contributed by atoms with van der Waals surface area (Å²) in [5.41, 5.74) is 1.33. The highest BCUT2D eigenvalue weighted by molar-refractivity contribution is 6.04. The predicted molar refractivity (Wildman–Crippen MR) is 96.1 cm³/mol. The maximum absolute atomic E-state index is 12.5. The molecule has 146 valence electrons. The summed E-state index contributed by atoms with van der Waals surface area (Å²) < 4.78 is 40.9. The van der Waals surface area contributed by atoms with E-state index in [2.05, 4.69) is 4.74 Å². The van der Waals surface area contributed by atoms with E-state index in [0.29, 0.717) is 22.0 Å². The molecule has 1 heterocycles. The second-order valence-corrected chi connectivity index (χ2v) is 5.83. The zero-order chi connectivity index (χ0) is 20.1. The highest BCUT2D eigenvalue weighted by Gasteiger charge is 2.17. The summed E-state index contributed by atoms with van der Waals surface area (Å²) in [5.74, 6) is -1.16. The fourth-order valence-corrected chi connectivity index (χ4v) is 2.83. The van der Waals surface area contributed by atoms with Crippen LogP contribution in [0, 0.1) is 0 Å². The number of rotatable bonds is 7. The van der Waals surface area contributed by atoms with Crippen molar-refractivity contribution in [1.82, 2.24) is 4.57 Å². The zero-order valence-corrected chi connectivity index (χ0v) is 14.9. The predicted octanol–water partition coefficient (Wildman–Crippen LogP) is 3.77. The van der Waals surface area contributed by atoms with Crippen LogP contribution in [0.25, 0.3) is 10.9 Å². The summed E-state index contributed by atoms with van der Waals surface area (Å²) in [7, 11) is 1.28. The molecule has 0 spiro atoms. The Morgan fingerprint density at radius 1 is 1.07 bits per heavy atom. The van der Waals surface area contributed by atoms with Gasteiger partial charge in [0.05, 0.1) is 12.7 Å². The van der Waals surface area contributed by atoms with Crippen molar-refractivity contribution in [2.75, 3.05) is 7.11 Å². The second kappa shape index (κ2) is 8.51. The van der Waals surface area contributed by atoms with Gasteiger partial charge in [-0.05, 0) is 12.1 Å². The molecule has 3 aromatic rings. The van der Waals surface area contributed by atoms with Gasteiger partial charge >= 0.3 is 18.6 Å². The molecule has 28 heavy (non-hydrogen) atoms. The Balaban J connectivity index is 1.74. The third kappa shape index (κ3) is 4.28. The number of fused-ring (bicyclic) bond motifs is 1. The van der Waals surface area contributed by atoms with Crippen LogP contribution in [0.3, 0.4) is 0 Å². The van der Waals surface area contributed by atoms with Crippen molar-refractivity contribution in [2.45, 2.75) is 19.8 Å². The number of esters is 2. The first-order valence-corrected chi connectivity index (χ1v) is 8.34. The molecule has 0 saturated heterocycles. The number of alkyl halides is 2. The van der Waals surface area contributed by atoms with Gasteiger partial charge in [0.15, 0.2) is 0 Å². The molecule has 0 radical (unpaired) electrons. The minimum atomic E-state index is -2.97. The molecule has 0 aliphatic rings. The third-order valence-electron chi connectivity index (χ3n) is 4.07. The Kier molecular flexibility index (Phi) is 5.88. The van der Waals surface area contributed by atoms with E-state index in [1.54, 1.807) is 41.0 Å². The summed E-state index contributed by atoms with van der Waals surface area (Å²) in [4.78, 5) is 24.2. The lowest BCUT2D eigenvalue weighted by atomic mass is 10.2. The van der Waals surface area contributed by atoms with E-state index < -0.39 is 18.6 Å². The van der Waals surface area contributed by atoms with Gasteiger partial charge in [-0.2, -0.15) is 8.78 Å². The van der Waals surface area contributed by atoms with Crippen molar-refractivity contribution < 1.29 is 32.6 Å². The molecular weight excluding hydrogens is 372 g/mol. The van der Waals surface area contributed by atoms with Crippen molar-refractivity contribution in [2.24, 2.45) is 0 Å². The number of nitrogens with zero attached hydrogens (tertiary/aromatic N) is 1. The lowest BCUT2D eigenvalue weighted by molar-refractivity contribution is -0.145. The standard InChI is InChI=1S/C20H17F2NO5/c1-26-19(25)15-10-23(16-8-4-3-7-14(15)16)11-18(24)27-12-13-6-2-5-9-17(13)28-20(21)22/h2-10,20H,11-12H2,1H3. The van der Waals surface area contributed by atoms with E-state index in [1.807, 2.05) is 0 Å². The van der Waals surface area contributed by atoms with Gasteiger partial charge in [-0.1, -0.05) is 36.4 Å². The molecule has 6 nitrogen and oxygen atoms in total. The van der Waals surface area contributed by atoms with Crippen LogP contribution in [0.1, 0.15) is 15.9 Å². The van der Waals surface area contributed by atoms with E-state index in [-0.39, 0.29) is 18.9 Å². The number of methoxy groups -OCH3 is 1. The largest absolute Gasteiger partial charge is 0.465 e. The molecule has 0 unspecified atom stereocenters. The number of para-hydroxylation sites is 2. The Morgan fingerprint density at radius 3 is 2.54 bits per heavy atom. The average Bonchev–Trinajstić information content (AvgIpc) is 3.05. The smallest absolute Gasteiger partial charge is 0.387 e. The van der Waals surface area contributed by atoms with Crippen molar-refractivity contribution in [3.63, 3.8) is 0 Å². The number of benzene rings is 2. The maximum Gasteiger partial charge on any atom is 0.387 e. The average molecular weight is 389 g/mol. The summed E-state index contributed by atoms with van der Waals surface area (Å²) in [5, 5.41) is 0.651. The zero-order valence-electron chi connectivity index (χ0n) is 14.9. The van der Waals surface area contributed by atoms with E-state index in [0.717, 1.165) is 0 Å². The molecule has 0 atom stereocenters. The van der Waals surface area contributed by atoms with Crippen molar-refractivity contribution in [3.8, 4) is 5.75 Å². The molecular formula is C20H17F2NO5. The van der Waals surface area contributed by atoms with Crippen LogP contribution in [-0.2, 0) is 27.4 Å². The van der Waals surface area contributed by atoms with Gasteiger partial charge in [0.1, 0.15) is 18.9 Å². The first-order chi connectivity index (χ1) is 13.5. The number of ether oxygens (including phenoxy) is 3. The van der Waals surface area contributed by atoms with Crippen LogP contribution in [-0.4, -0.2) is 30.2 Å². The number of hydrogen-bond donors (Lipinski definition) is 0. The molecule has 2 aromatic carbocycles. The Hall–Kier alpha value is -3.42. The molecule has 8 heteroatoms. The quantitative estimate of drug-likeness (QED) is 0.576. The van der Waals surface area contributed by atoms with Gasteiger partial charge in [-0.25, -0.2) is 4.79 Å². The molecule has 0 saturated carbocycles. The first-order valence-electron chi connectivity index (χ1n) is 8.34. The lowest BCUT2D eigenvalue weighted by Gasteiger charge is -2.11. The van der Waals surface area contributed by atoms with Gasteiger partial charge in [0, 0.05) is 22.7 Å². The molecule has 3 rings (SSSR count). The molecule has 0 fully saturated rings.